The van der Waals surface area contributed by atoms with Gasteiger partial charge in [0.05, 0.1) is 12.8 Å². The first-order valence-corrected chi connectivity index (χ1v) is 9.07. The molecule has 3 aromatic rings. The SMILES string of the molecule is COc1ccc(C2=N/C(=C/c3ccc(C)cc3)C(=O)N2c2ccccc2)cc1. The molecule has 1 aliphatic rings. The van der Waals surface area contributed by atoms with Crippen molar-refractivity contribution in [3.63, 3.8) is 0 Å². The fraction of sp³-hybridized carbons (Fsp3) is 0.0833. The van der Waals surface area contributed by atoms with Crippen LogP contribution in [0.3, 0.4) is 0 Å². The van der Waals surface area contributed by atoms with E-state index in [0.29, 0.717) is 11.5 Å². The third-order valence-electron chi connectivity index (χ3n) is 4.60. The quantitative estimate of drug-likeness (QED) is 0.619. The average molecular weight is 368 g/mol. The highest BCUT2D eigenvalue weighted by molar-refractivity contribution is 6.33. The van der Waals surface area contributed by atoms with Crippen LogP contribution in [-0.4, -0.2) is 18.9 Å². The zero-order chi connectivity index (χ0) is 19.5. The maximum Gasteiger partial charge on any atom is 0.282 e. The van der Waals surface area contributed by atoms with E-state index in [2.05, 4.69) is 4.99 Å². The van der Waals surface area contributed by atoms with Gasteiger partial charge in [0.2, 0.25) is 0 Å². The highest BCUT2D eigenvalue weighted by atomic mass is 16.5. The van der Waals surface area contributed by atoms with E-state index in [0.717, 1.165) is 22.6 Å². The van der Waals surface area contributed by atoms with E-state index in [1.807, 2.05) is 91.9 Å². The molecule has 0 fully saturated rings. The Morgan fingerprint density at radius 3 is 2.21 bits per heavy atom. The van der Waals surface area contributed by atoms with Gasteiger partial charge in [0.15, 0.2) is 0 Å². The Hall–Kier alpha value is -3.66. The summed E-state index contributed by atoms with van der Waals surface area (Å²) in [5.41, 5.74) is 4.17. The molecular weight excluding hydrogens is 348 g/mol. The Kier molecular flexibility index (Phi) is 4.77. The van der Waals surface area contributed by atoms with Gasteiger partial charge in [0.25, 0.3) is 5.91 Å². The second kappa shape index (κ2) is 7.53. The van der Waals surface area contributed by atoms with Crippen LogP contribution in [0.2, 0.25) is 0 Å². The number of rotatable bonds is 4. The van der Waals surface area contributed by atoms with E-state index in [-0.39, 0.29) is 5.91 Å². The van der Waals surface area contributed by atoms with Crippen LogP contribution >= 0.6 is 0 Å². The van der Waals surface area contributed by atoms with Crippen LogP contribution in [-0.2, 0) is 4.79 Å². The second-order valence-electron chi connectivity index (χ2n) is 6.58. The zero-order valence-electron chi connectivity index (χ0n) is 15.8. The Labute approximate surface area is 164 Å². The minimum absolute atomic E-state index is 0.141. The highest BCUT2D eigenvalue weighted by Crippen LogP contribution is 2.28. The van der Waals surface area contributed by atoms with E-state index < -0.39 is 0 Å². The molecule has 1 heterocycles. The third-order valence-corrected chi connectivity index (χ3v) is 4.60. The molecule has 0 saturated carbocycles. The van der Waals surface area contributed by atoms with Gasteiger partial charge in [-0.25, -0.2) is 4.99 Å². The summed E-state index contributed by atoms with van der Waals surface area (Å²) >= 11 is 0. The fourth-order valence-corrected chi connectivity index (χ4v) is 3.09. The van der Waals surface area contributed by atoms with E-state index in [1.165, 1.54) is 5.56 Å². The van der Waals surface area contributed by atoms with Crippen molar-refractivity contribution < 1.29 is 9.53 Å². The number of carbonyl (C=O) groups excluding carboxylic acids is 1. The molecule has 0 N–H and O–H groups in total. The first-order chi connectivity index (χ1) is 13.7. The highest BCUT2D eigenvalue weighted by Gasteiger charge is 2.32. The Bertz CT molecular complexity index is 1050. The first-order valence-electron chi connectivity index (χ1n) is 9.07. The number of carbonyl (C=O) groups is 1. The lowest BCUT2D eigenvalue weighted by Crippen LogP contribution is -2.32. The number of amidine groups is 1. The van der Waals surface area contributed by atoms with Gasteiger partial charge in [-0.05, 0) is 55.0 Å². The maximum absolute atomic E-state index is 13.2. The number of amides is 1. The number of aryl methyl sites for hydroxylation is 1. The normalized spacial score (nSPS) is 15.1. The summed E-state index contributed by atoms with van der Waals surface area (Å²) in [5, 5.41) is 0. The van der Waals surface area contributed by atoms with Gasteiger partial charge in [-0.3, -0.25) is 9.69 Å². The third kappa shape index (κ3) is 3.45. The summed E-state index contributed by atoms with van der Waals surface area (Å²) in [6.07, 6.45) is 1.83. The number of ether oxygens (including phenoxy) is 1. The summed E-state index contributed by atoms with van der Waals surface area (Å²) in [5.74, 6) is 1.23. The topological polar surface area (TPSA) is 41.9 Å². The van der Waals surface area contributed by atoms with Crippen LogP contribution in [0.1, 0.15) is 16.7 Å². The van der Waals surface area contributed by atoms with Crippen LogP contribution in [0.5, 0.6) is 5.75 Å². The number of aliphatic imine (C=N–C) groups is 1. The minimum atomic E-state index is -0.141. The number of hydrogen-bond donors (Lipinski definition) is 0. The standard InChI is InChI=1S/C24H20N2O2/c1-17-8-10-18(11-9-17)16-22-24(27)26(20-6-4-3-5-7-20)23(25-22)19-12-14-21(28-2)15-13-19/h3-16H,1-2H3/b22-16+. The van der Waals surface area contributed by atoms with Crippen LogP contribution in [0, 0.1) is 6.92 Å². The summed E-state index contributed by atoms with van der Waals surface area (Å²) < 4.78 is 5.24. The molecule has 138 valence electrons. The van der Waals surface area contributed by atoms with Crippen molar-refractivity contribution >= 4 is 23.5 Å². The van der Waals surface area contributed by atoms with E-state index in [1.54, 1.807) is 12.0 Å². The van der Waals surface area contributed by atoms with Gasteiger partial charge in [-0.15, -0.1) is 0 Å². The van der Waals surface area contributed by atoms with Crippen LogP contribution in [0.4, 0.5) is 5.69 Å². The number of hydrogen-bond acceptors (Lipinski definition) is 3. The van der Waals surface area contributed by atoms with Gasteiger partial charge in [0, 0.05) is 5.56 Å². The lowest BCUT2D eigenvalue weighted by atomic mass is 10.1. The number of anilines is 1. The molecule has 0 saturated heterocycles. The predicted octanol–water partition coefficient (Wildman–Crippen LogP) is 4.84. The summed E-state index contributed by atoms with van der Waals surface area (Å²) in [4.78, 5) is 19.5. The molecule has 0 aliphatic carbocycles. The summed E-state index contributed by atoms with van der Waals surface area (Å²) in [7, 11) is 1.63. The van der Waals surface area contributed by atoms with E-state index in [9.17, 15) is 4.79 Å². The van der Waals surface area contributed by atoms with Gasteiger partial charge in [0.1, 0.15) is 17.3 Å². The smallest absolute Gasteiger partial charge is 0.282 e. The molecule has 1 aliphatic heterocycles. The van der Waals surface area contributed by atoms with Crippen molar-refractivity contribution in [1.29, 1.82) is 0 Å². The molecular formula is C24H20N2O2. The van der Waals surface area contributed by atoms with Crippen LogP contribution in [0.25, 0.3) is 6.08 Å². The lowest BCUT2D eigenvalue weighted by molar-refractivity contribution is -0.113. The Balaban J connectivity index is 1.79. The van der Waals surface area contributed by atoms with Crippen molar-refractivity contribution in [3.8, 4) is 5.75 Å². The molecule has 3 aromatic carbocycles. The van der Waals surface area contributed by atoms with E-state index in [4.69, 9.17) is 4.74 Å². The molecule has 0 radical (unpaired) electrons. The molecule has 4 heteroatoms. The second-order valence-corrected chi connectivity index (χ2v) is 6.58. The number of benzene rings is 3. The Morgan fingerprint density at radius 2 is 1.57 bits per heavy atom. The molecule has 0 aromatic heterocycles. The lowest BCUT2D eigenvalue weighted by Gasteiger charge is -2.18. The van der Waals surface area contributed by atoms with Crippen molar-refractivity contribution in [3.05, 3.63) is 101 Å². The zero-order valence-corrected chi connectivity index (χ0v) is 15.8. The number of para-hydroxylation sites is 1. The fourth-order valence-electron chi connectivity index (χ4n) is 3.09. The molecule has 1 amide bonds. The van der Waals surface area contributed by atoms with Crippen LogP contribution in [0.15, 0.2) is 89.6 Å². The van der Waals surface area contributed by atoms with Gasteiger partial charge in [-0.2, -0.15) is 0 Å². The number of nitrogens with zero attached hydrogens (tertiary/aromatic N) is 2. The van der Waals surface area contributed by atoms with Crippen molar-refractivity contribution in [2.45, 2.75) is 6.92 Å². The molecule has 0 spiro atoms. The van der Waals surface area contributed by atoms with Gasteiger partial charge >= 0.3 is 0 Å². The summed E-state index contributed by atoms with van der Waals surface area (Å²) in [6, 6.07) is 25.2. The molecule has 0 bridgehead atoms. The molecule has 0 unspecified atom stereocenters. The maximum atomic E-state index is 13.2. The molecule has 4 rings (SSSR count). The largest absolute Gasteiger partial charge is 0.497 e. The molecule has 28 heavy (non-hydrogen) atoms. The average Bonchev–Trinajstić information content (AvgIpc) is 3.06. The van der Waals surface area contributed by atoms with Crippen molar-refractivity contribution in [1.82, 2.24) is 0 Å². The van der Waals surface area contributed by atoms with Crippen molar-refractivity contribution in [2.75, 3.05) is 12.0 Å². The summed E-state index contributed by atoms with van der Waals surface area (Å²) in [6.45, 7) is 2.04. The molecule has 0 atom stereocenters. The minimum Gasteiger partial charge on any atom is -0.497 e. The predicted molar refractivity (Wildman–Crippen MR) is 113 cm³/mol. The van der Waals surface area contributed by atoms with E-state index >= 15 is 0 Å². The Morgan fingerprint density at radius 1 is 0.893 bits per heavy atom. The monoisotopic (exact) mass is 368 g/mol. The number of methoxy groups -OCH3 is 1. The van der Waals surface area contributed by atoms with Gasteiger partial charge in [-0.1, -0.05) is 48.0 Å². The molecule has 4 nitrogen and oxygen atoms in total. The first kappa shape index (κ1) is 17.7. The van der Waals surface area contributed by atoms with Gasteiger partial charge < -0.3 is 4.74 Å². The van der Waals surface area contributed by atoms with Crippen LogP contribution < -0.4 is 9.64 Å². The van der Waals surface area contributed by atoms with Crippen molar-refractivity contribution in [2.24, 2.45) is 4.99 Å².